The lowest BCUT2D eigenvalue weighted by Crippen LogP contribution is -2.31. The molecule has 1 aromatic carbocycles. The Kier molecular flexibility index (Phi) is 5.31. The molecule has 1 heterocycles. The zero-order chi connectivity index (χ0) is 13.5. The van der Waals surface area contributed by atoms with E-state index in [1.54, 1.807) is 0 Å². The largest absolute Gasteiger partial charge is 0.310 e. The summed E-state index contributed by atoms with van der Waals surface area (Å²) in [6.45, 7) is 9.58. The van der Waals surface area contributed by atoms with Crippen LogP contribution in [0.4, 0.5) is 0 Å². The topological polar surface area (TPSA) is 28.2 Å². The van der Waals surface area contributed by atoms with Gasteiger partial charge in [-0.25, -0.2) is 0 Å². The van der Waals surface area contributed by atoms with Crippen LogP contribution in [-0.4, -0.2) is 36.1 Å². The highest BCUT2D eigenvalue weighted by atomic mass is 15.1. The number of fused-ring (bicyclic) bond motifs is 1. The first-order valence-electron chi connectivity index (χ1n) is 7.10. The Morgan fingerprint density at radius 1 is 1.11 bits per heavy atom. The van der Waals surface area contributed by atoms with Gasteiger partial charge in [0.05, 0.1) is 5.69 Å². The summed E-state index contributed by atoms with van der Waals surface area (Å²) in [4.78, 5) is 6.91. The van der Waals surface area contributed by atoms with Crippen LogP contribution in [0.3, 0.4) is 0 Å². The van der Waals surface area contributed by atoms with Gasteiger partial charge in [0, 0.05) is 31.2 Å². The van der Waals surface area contributed by atoms with Crippen LogP contribution < -0.4 is 5.32 Å². The number of rotatable bonds is 7. The molecule has 0 aliphatic carbocycles. The molecule has 0 bridgehead atoms. The number of likely N-dealkylation sites (N-methyl/N-ethyl adjacent to an activating group) is 1. The number of aromatic nitrogens is 1. The van der Waals surface area contributed by atoms with Crippen molar-refractivity contribution in [3.63, 3.8) is 0 Å². The van der Waals surface area contributed by atoms with E-state index in [4.69, 9.17) is 0 Å². The molecule has 0 saturated heterocycles. The summed E-state index contributed by atoms with van der Waals surface area (Å²) in [5.41, 5.74) is 1.14. The first-order chi connectivity index (χ1) is 9.35. The minimum absolute atomic E-state index is 0.836. The zero-order valence-corrected chi connectivity index (χ0v) is 11.9. The predicted octanol–water partition coefficient (Wildman–Crippen LogP) is 2.67. The summed E-state index contributed by atoms with van der Waals surface area (Å²) in [7, 11) is 0. The van der Waals surface area contributed by atoms with E-state index in [1.807, 2.05) is 6.20 Å². The summed E-state index contributed by atoms with van der Waals surface area (Å²) < 4.78 is 0. The molecule has 0 amide bonds. The van der Waals surface area contributed by atoms with E-state index in [9.17, 15) is 0 Å². The minimum atomic E-state index is 0.836. The molecule has 3 heteroatoms. The van der Waals surface area contributed by atoms with Crippen LogP contribution in [0.5, 0.6) is 0 Å². The molecule has 0 unspecified atom stereocenters. The van der Waals surface area contributed by atoms with E-state index in [2.05, 4.69) is 59.4 Å². The number of pyridine rings is 1. The lowest BCUT2D eigenvalue weighted by atomic mass is 10.1. The Hall–Kier alpha value is -1.45. The first-order valence-corrected chi connectivity index (χ1v) is 7.10. The Labute approximate surface area is 115 Å². The van der Waals surface area contributed by atoms with Gasteiger partial charge in [-0.15, -0.1) is 0 Å². The van der Waals surface area contributed by atoms with Crippen molar-refractivity contribution in [2.75, 3.05) is 26.2 Å². The number of benzene rings is 1. The Bertz CT molecular complexity index is 501. The van der Waals surface area contributed by atoms with Crippen LogP contribution in [-0.2, 0) is 6.54 Å². The second kappa shape index (κ2) is 7.22. The van der Waals surface area contributed by atoms with Gasteiger partial charge in [-0.1, -0.05) is 38.1 Å². The third-order valence-corrected chi connectivity index (χ3v) is 3.55. The van der Waals surface area contributed by atoms with E-state index in [1.165, 1.54) is 10.8 Å². The summed E-state index contributed by atoms with van der Waals surface area (Å²) in [5, 5.41) is 6.00. The van der Waals surface area contributed by atoms with Crippen molar-refractivity contribution in [3.8, 4) is 0 Å². The maximum Gasteiger partial charge on any atom is 0.0619 e. The molecular weight excluding hydrogens is 234 g/mol. The molecule has 0 spiro atoms. The van der Waals surface area contributed by atoms with Crippen molar-refractivity contribution in [3.05, 3.63) is 42.2 Å². The molecule has 0 atom stereocenters. The molecule has 0 aliphatic rings. The van der Waals surface area contributed by atoms with E-state index in [0.717, 1.165) is 38.4 Å². The van der Waals surface area contributed by atoms with E-state index < -0.39 is 0 Å². The van der Waals surface area contributed by atoms with Crippen molar-refractivity contribution in [1.82, 2.24) is 15.2 Å². The fraction of sp³-hybridized carbons (Fsp3) is 0.438. The van der Waals surface area contributed by atoms with Crippen LogP contribution in [0, 0.1) is 0 Å². The normalized spacial score (nSPS) is 11.3. The quantitative estimate of drug-likeness (QED) is 0.773. The molecule has 0 radical (unpaired) electrons. The van der Waals surface area contributed by atoms with Crippen LogP contribution in [0.1, 0.15) is 19.5 Å². The number of nitrogens with zero attached hydrogens (tertiary/aromatic N) is 2. The van der Waals surface area contributed by atoms with Crippen LogP contribution in [0.25, 0.3) is 10.8 Å². The van der Waals surface area contributed by atoms with E-state index in [0.29, 0.717) is 0 Å². The van der Waals surface area contributed by atoms with Crippen molar-refractivity contribution >= 4 is 10.8 Å². The molecule has 0 fully saturated rings. The molecule has 1 N–H and O–H groups in total. The second-order valence-electron chi connectivity index (χ2n) is 4.68. The monoisotopic (exact) mass is 257 g/mol. The maximum atomic E-state index is 4.49. The van der Waals surface area contributed by atoms with Gasteiger partial charge in [-0.3, -0.25) is 4.98 Å². The Morgan fingerprint density at radius 3 is 2.68 bits per heavy atom. The SMILES string of the molecule is CCN(CC)CCNCc1nccc2ccccc12. The van der Waals surface area contributed by atoms with Crippen molar-refractivity contribution in [2.24, 2.45) is 0 Å². The third kappa shape index (κ3) is 3.75. The molecule has 2 rings (SSSR count). The number of nitrogens with one attached hydrogen (secondary N) is 1. The van der Waals surface area contributed by atoms with E-state index >= 15 is 0 Å². The Morgan fingerprint density at radius 2 is 1.89 bits per heavy atom. The first kappa shape index (κ1) is 14.0. The van der Waals surface area contributed by atoms with Gasteiger partial charge in [0.2, 0.25) is 0 Å². The van der Waals surface area contributed by atoms with Crippen molar-refractivity contribution in [1.29, 1.82) is 0 Å². The number of hydrogen-bond donors (Lipinski definition) is 1. The average Bonchev–Trinajstić information content (AvgIpc) is 2.47. The van der Waals surface area contributed by atoms with Gasteiger partial charge in [0.1, 0.15) is 0 Å². The van der Waals surface area contributed by atoms with Gasteiger partial charge < -0.3 is 10.2 Å². The molecule has 3 nitrogen and oxygen atoms in total. The number of hydrogen-bond acceptors (Lipinski definition) is 3. The fourth-order valence-electron chi connectivity index (χ4n) is 2.31. The summed E-state index contributed by atoms with van der Waals surface area (Å²) in [6, 6.07) is 10.5. The standard InChI is InChI=1S/C16H23N3/c1-3-19(4-2)12-11-17-13-16-15-8-6-5-7-14(15)9-10-18-16/h5-10,17H,3-4,11-13H2,1-2H3. The van der Waals surface area contributed by atoms with Crippen molar-refractivity contribution < 1.29 is 0 Å². The summed E-state index contributed by atoms with van der Waals surface area (Å²) >= 11 is 0. The molecule has 1 aromatic heterocycles. The molecular formula is C16H23N3. The molecule has 0 saturated carbocycles. The van der Waals surface area contributed by atoms with Crippen LogP contribution in [0.15, 0.2) is 36.5 Å². The van der Waals surface area contributed by atoms with Gasteiger partial charge in [-0.2, -0.15) is 0 Å². The maximum absolute atomic E-state index is 4.49. The van der Waals surface area contributed by atoms with Gasteiger partial charge >= 0.3 is 0 Å². The highest BCUT2D eigenvalue weighted by Gasteiger charge is 2.02. The van der Waals surface area contributed by atoms with Crippen LogP contribution >= 0.6 is 0 Å². The predicted molar refractivity (Wildman–Crippen MR) is 81.2 cm³/mol. The lowest BCUT2D eigenvalue weighted by molar-refractivity contribution is 0.302. The average molecular weight is 257 g/mol. The third-order valence-electron chi connectivity index (χ3n) is 3.55. The van der Waals surface area contributed by atoms with Gasteiger partial charge in [0.15, 0.2) is 0 Å². The fourth-order valence-corrected chi connectivity index (χ4v) is 2.31. The zero-order valence-electron chi connectivity index (χ0n) is 11.9. The Balaban J connectivity index is 1.91. The molecule has 19 heavy (non-hydrogen) atoms. The molecule has 102 valence electrons. The molecule has 2 aromatic rings. The van der Waals surface area contributed by atoms with Crippen LogP contribution in [0.2, 0.25) is 0 Å². The molecule has 0 aliphatic heterocycles. The second-order valence-corrected chi connectivity index (χ2v) is 4.68. The minimum Gasteiger partial charge on any atom is -0.310 e. The summed E-state index contributed by atoms with van der Waals surface area (Å²) in [5.74, 6) is 0. The highest BCUT2D eigenvalue weighted by Crippen LogP contribution is 2.15. The highest BCUT2D eigenvalue weighted by molar-refractivity contribution is 5.84. The van der Waals surface area contributed by atoms with Gasteiger partial charge in [-0.05, 0) is 24.5 Å². The van der Waals surface area contributed by atoms with Crippen molar-refractivity contribution in [2.45, 2.75) is 20.4 Å². The smallest absolute Gasteiger partial charge is 0.0619 e. The van der Waals surface area contributed by atoms with E-state index in [-0.39, 0.29) is 0 Å². The lowest BCUT2D eigenvalue weighted by Gasteiger charge is -2.18. The van der Waals surface area contributed by atoms with Gasteiger partial charge in [0.25, 0.3) is 0 Å². The summed E-state index contributed by atoms with van der Waals surface area (Å²) in [6.07, 6.45) is 1.89.